The number of piperidine rings is 1. The Morgan fingerprint density at radius 3 is 2.79 bits per heavy atom. The van der Waals surface area contributed by atoms with Crippen LogP contribution in [0, 0.1) is 5.92 Å². The van der Waals surface area contributed by atoms with Crippen LogP contribution in [0.15, 0.2) is 47.0 Å². The van der Waals surface area contributed by atoms with Crippen LogP contribution in [-0.4, -0.2) is 29.1 Å². The molecular weight excluding hydrogens is 362 g/mol. The minimum absolute atomic E-state index is 0.0563. The van der Waals surface area contributed by atoms with Gasteiger partial charge in [0.05, 0.1) is 12.1 Å². The molecule has 0 aliphatic carbocycles. The molecule has 2 aliphatic rings. The van der Waals surface area contributed by atoms with E-state index in [0.717, 1.165) is 53.2 Å². The molecular formula is C24H27N3O2. The van der Waals surface area contributed by atoms with Gasteiger partial charge < -0.3 is 9.84 Å². The van der Waals surface area contributed by atoms with Gasteiger partial charge in [0.1, 0.15) is 0 Å². The van der Waals surface area contributed by atoms with Crippen LogP contribution in [0.4, 0.5) is 5.69 Å². The van der Waals surface area contributed by atoms with Gasteiger partial charge in [-0.1, -0.05) is 35.5 Å². The van der Waals surface area contributed by atoms with Crippen molar-refractivity contribution in [3.8, 4) is 0 Å². The zero-order chi connectivity index (χ0) is 19.6. The molecule has 1 amide bonds. The molecule has 1 aromatic heterocycles. The number of hydrogen-bond acceptors (Lipinski definition) is 4. The van der Waals surface area contributed by atoms with Gasteiger partial charge in [0.15, 0.2) is 5.58 Å². The Labute approximate surface area is 171 Å². The number of fused-ring (bicyclic) bond motifs is 2. The first-order chi connectivity index (χ1) is 14.2. The highest BCUT2D eigenvalue weighted by atomic mass is 16.5. The van der Waals surface area contributed by atoms with E-state index in [0.29, 0.717) is 6.42 Å². The number of carbonyl (C=O) groups is 1. The summed E-state index contributed by atoms with van der Waals surface area (Å²) in [6.45, 7) is 3.46. The van der Waals surface area contributed by atoms with Gasteiger partial charge >= 0.3 is 0 Å². The molecule has 3 aromatic rings. The summed E-state index contributed by atoms with van der Waals surface area (Å²) in [4.78, 5) is 14.2. The van der Waals surface area contributed by atoms with E-state index in [1.54, 1.807) is 0 Å². The second kappa shape index (κ2) is 7.99. The molecule has 5 nitrogen and oxygen atoms in total. The molecule has 5 rings (SSSR count). The number of carbonyl (C=O) groups excluding carboxylic acids is 1. The molecule has 0 atom stereocenters. The zero-order valence-electron chi connectivity index (χ0n) is 16.7. The summed E-state index contributed by atoms with van der Waals surface area (Å²) in [6, 6.07) is 14.8. The average molecular weight is 389 g/mol. The fraction of sp³-hybridized carbons (Fsp3) is 0.417. The van der Waals surface area contributed by atoms with Crippen molar-refractivity contribution < 1.29 is 9.32 Å². The molecule has 0 spiro atoms. The normalized spacial score (nSPS) is 17.6. The summed E-state index contributed by atoms with van der Waals surface area (Å²) in [5.74, 6) is 0.868. The van der Waals surface area contributed by atoms with Crippen LogP contribution in [0.25, 0.3) is 11.0 Å². The summed E-state index contributed by atoms with van der Waals surface area (Å²) in [5.41, 5.74) is 5.14. The first-order valence-electron chi connectivity index (χ1n) is 10.7. The second-order valence-corrected chi connectivity index (χ2v) is 8.46. The number of rotatable bonds is 6. The van der Waals surface area contributed by atoms with Gasteiger partial charge in [-0.3, -0.25) is 9.69 Å². The highest BCUT2D eigenvalue weighted by molar-refractivity contribution is 6.02. The van der Waals surface area contributed by atoms with Crippen molar-refractivity contribution >= 4 is 22.6 Å². The van der Waals surface area contributed by atoms with Crippen LogP contribution in [-0.2, 0) is 24.2 Å². The first-order valence-corrected chi connectivity index (χ1v) is 10.7. The monoisotopic (exact) mass is 389 g/mol. The van der Waals surface area contributed by atoms with Crippen molar-refractivity contribution in [2.45, 2.75) is 45.1 Å². The van der Waals surface area contributed by atoms with Gasteiger partial charge in [-0.2, -0.15) is 0 Å². The van der Waals surface area contributed by atoms with Crippen molar-refractivity contribution in [3.63, 3.8) is 0 Å². The highest BCUT2D eigenvalue weighted by Gasteiger charge is 2.22. The molecule has 150 valence electrons. The highest BCUT2D eigenvalue weighted by Crippen LogP contribution is 2.31. The number of amides is 1. The Bertz CT molecular complexity index is 1000. The zero-order valence-corrected chi connectivity index (χ0v) is 16.7. The number of likely N-dealkylation sites (tertiary alicyclic amines) is 1. The van der Waals surface area contributed by atoms with Gasteiger partial charge in [0.25, 0.3) is 0 Å². The molecule has 0 saturated carbocycles. The molecule has 29 heavy (non-hydrogen) atoms. The minimum Gasteiger partial charge on any atom is -0.356 e. The van der Waals surface area contributed by atoms with Crippen LogP contribution in [0.1, 0.15) is 42.5 Å². The molecule has 1 saturated heterocycles. The van der Waals surface area contributed by atoms with Gasteiger partial charge in [-0.15, -0.1) is 0 Å². The SMILES string of the molecule is O=C1Cc2cc3c(CCCC4CCN(Cc5ccccc5)CC4)noc3cc2N1. The molecule has 5 heteroatoms. The van der Waals surface area contributed by atoms with Gasteiger partial charge in [-0.05, 0) is 68.3 Å². The third-order valence-electron chi connectivity index (χ3n) is 6.38. The van der Waals surface area contributed by atoms with E-state index in [1.807, 2.05) is 6.07 Å². The number of benzene rings is 2. The van der Waals surface area contributed by atoms with Crippen molar-refractivity contribution in [3.05, 3.63) is 59.3 Å². The van der Waals surface area contributed by atoms with E-state index < -0.39 is 0 Å². The largest absolute Gasteiger partial charge is 0.356 e. The maximum Gasteiger partial charge on any atom is 0.228 e. The van der Waals surface area contributed by atoms with E-state index in [-0.39, 0.29) is 5.91 Å². The lowest BCUT2D eigenvalue weighted by Gasteiger charge is -2.32. The van der Waals surface area contributed by atoms with Crippen molar-refractivity contribution in [1.29, 1.82) is 0 Å². The predicted molar refractivity (Wildman–Crippen MR) is 114 cm³/mol. The van der Waals surface area contributed by atoms with Crippen LogP contribution in [0.3, 0.4) is 0 Å². The van der Waals surface area contributed by atoms with Crippen LogP contribution in [0.2, 0.25) is 0 Å². The lowest BCUT2D eigenvalue weighted by Crippen LogP contribution is -2.33. The Hall–Kier alpha value is -2.66. The van der Waals surface area contributed by atoms with E-state index in [9.17, 15) is 4.79 Å². The quantitative estimate of drug-likeness (QED) is 0.672. The Kier molecular flexibility index (Phi) is 5.06. The average Bonchev–Trinajstić information content (AvgIpc) is 3.30. The standard InChI is InChI=1S/C24H27N3O2/c28-24-14-19-13-20-21(26-29-23(20)15-22(19)25-24)8-4-7-17-9-11-27(12-10-17)16-18-5-2-1-3-6-18/h1-3,5-6,13,15,17H,4,7-12,14,16H2,(H,25,28). The maximum atomic E-state index is 11.6. The molecule has 2 aromatic carbocycles. The summed E-state index contributed by atoms with van der Waals surface area (Å²) >= 11 is 0. The third-order valence-corrected chi connectivity index (χ3v) is 6.38. The molecule has 0 radical (unpaired) electrons. The fourth-order valence-electron chi connectivity index (χ4n) is 4.72. The lowest BCUT2D eigenvalue weighted by molar-refractivity contribution is -0.115. The Morgan fingerprint density at radius 1 is 1.14 bits per heavy atom. The first kappa shape index (κ1) is 18.4. The van der Waals surface area contributed by atoms with Gasteiger partial charge in [0.2, 0.25) is 5.91 Å². The summed E-state index contributed by atoms with van der Waals surface area (Å²) in [7, 11) is 0. The lowest BCUT2D eigenvalue weighted by atomic mass is 9.91. The number of aryl methyl sites for hydroxylation is 1. The van der Waals surface area contributed by atoms with Crippen molar-refractivity contribution in [2.24, 2.45) is 5.92 Å². The smallest absolute Gasteiger partial charge is 0.228 e. The maximum absolute atomic E-state index is 11.6. The van der Waals surface area contributed by atoms with Crippen LogP contribution in [0.5, 0.6) is 0 Å². The van der Waals surface area contributed by atoms with Gasteiger partial charge in [-0.25, -0.2) is 0 Å². The molecule has 2 aliphatic heterocycles. The fourth-order valence-corrected chi connectivity index (χ4v) is 4.72. The topological polar surface area (TPSA) is 58.4 Å². The molecule has 1 fully saturated rings. The summed E-state index contributed by atoms with van der Waals surface area (Å²) < 4.78 is 5.51. The molecule has 3 heterocycles. The number of nitrogens with zero attached hydrogens (tertiary/aromatic N) is 2. The number of nitrogens with one attached hydrogen (secondary N) is 1. The van der Waals surface area contributed by atoms with E-state index in [2.05, 4.69) is 51.8 Å². The molecule has 0 bridgehead atoms. The third kappa shape index (κ3) is 4.06. The molecule has 1 N–H and O–H groups in total. The van der Waals surface area contributed by atoms with Gasteiger partial charge in [0, 0.05) is 23.7 Å². The van der Waals surface area contributed by atoms with Crippen LogP contribution >= 0.6 is 0 Å². The van der Waals surface area contributed by atoms with Crippen molar-refractivity contribution in [1.82, 2.24) is 10.1 Å². The van der Waals surface area contributed by atoms with E-state index in [1.165, 1.54) is 37.9 Å². The number of hydrogen-bond donors (Lipinski definition) is 1. The van der Waals surface area contributed by atoms with E-state index in [4.69, 9.17) is 4.52 Å². The van der Waals surface area contributed by atoms with E-state index >= 15 is 0 Å². The number of anilines is 1. The number of aromatic nitrogens is 1. The second-order valence-electron chi connectivity index (χ2n) is 8.46. The molecule has 0 unspecified atom stereocenters. The Morgan fingerprint density at radius 2 is 1.97 bits per heavy atom. The summed E-state index contributed by atoms with van der Waals surface area (Å²) in [6.07, 6.45) is 6.36. The predicted octanol–water partition coefficient (Wildman–Crippen LogP) is 4.56. The van der Waals surface area contributed by atoms with Crippen LogP contribution < -0.4 is 5.32 Å². The Balaban J connectivity index is 1.12. The summed E-state index contributed by atoms with van der Waals surface area (Å²) in [5, 5.41) is 8.24. The van der Waals surface area contributed by atoms with Crippen molar-refractivity contribution in [2.75, 3.05) is 18.4 Å². The minimum atomic E-state index is 0.0563.